The van der Waals surface area contributed by atoms with Crippen molar-refractivity contribution in [3.05, 3.63) is 45.8 Å². The Labute approximate surface area is 120 Å². The number of carbonyl (C=O) groups excluding carboxylic acids is 1. The van der Waals surface area contributed by atoms with E-state index in [2.05, 4.69) is 4.98 Å². The number of hydrogen-bond acceptors (Lipinski definition) is 6. The Bertz CT molecular complexity index is 661. The van der Waals surface area contributed by atoms with Gasteiger partial charge in [-0.3, -0.25) is 10.1 Å². The fourth-order valence-electron chi connectivity index (χ4n) is 1.80. The van der Waals surface area contributed by atoms with Crippen LogP contribution in [0.1, 0.15) is 30.1 Å². The van der Waals surface area contributed by atoms with Crippen LogP contribution in [0.3, 0.4) is 0 Å². The molecule has 110 valence electrons. The number of nitrogens with zero attached hydrogens (tertiary/aromatic N) is 2. The van der Waals surface area contributed by atoms with Crippen LogP contribution >= 0.6 is 0 Å². The Morgan fingerprint density at radius 3 is 2.52 bits per heavy atom. The summed E-state index contributed by atoms with van der Waals surface area (Å²) in [4.78, 5) is 26.1. The maximum atomic E-state index is 11.8. The van der Waals surface area contributed by atoms with Gasteiger partial charge in [0.1, 0.15) is 0 Å². The van der Waals surface area contributed by atoms with Gasteiger partial charge in [-0.05, 0) is 25.5 Å². The van der Waals surface area contributed by atoms with Gasteiger partial charge in [0.2, 0.25) is 11.7 Å². The summed E-state index contributed by atoms with van der Waals surface area (Å²) < 4.78 is 10.4. The molecule has 7 nitrogen and oxygen atoms in total. The number of aryl methyl sites for hydroxylation is 1. The number of carbonyl (C=O) groups is 1. The van der Waals surface area contributed by atoms with E-state index in [4.69, 9.17) is 9.15 Å². The average molecular weight is 290 g/mol. The zero-order valence-corrected chi connectivity index (χ0v) is 11.7. The number of hydrogen-bond donors (Lipinski definition) is 0. The van der Waals surface area contributed by atoms with Gasteiger partial charge in [0.25, 0.3) is 5.69 Å². The molecule has 0 aliphatic carbocycles. The van der Waals surface area contributed by atoms with Crippen molar-refractivity contribution in [2.24, 2.45) is 0 Å². The molecule has 2 rings (SSSR count). The van der Waals surface area contributed by atoms with E-state index in [9.17, 15) is 14.9 Å². The fraction of sp³-hybridized carbons (Fsp3) is 0.286. The first-order valence-electron chi connectivity index (χ1n) is 6.48. The molecule has 7 heteroatoms. The Morgan fingerprint density at radius 1 is 1.33 bits per heavy atom. The smallest absolute Gasteiger partial charge is 0.376 e. The second-order valence-corrected chi connectivity index (χ2v) is 4.17. The number of esters is 1. The minimum Gasteiger partial charge on any atom is -0.460 e. The second kappa shape index (κ2) is 6.17. The molecular weight excluding hydrogens is 276 g/mol. The van der Waals surface area contributed by atoms with Crippen molar-refractivity contribution < 1.29 is 18.9 Å². The molecule has 0 N–H and O–H groups in total. The number of oxazole rings is 1. The van der Waals surface area contributed by atoms with Gasteiger partial charge in [0.15, 0.2) is 0 Å². The van der Waals surface area contributed by atoms with Gasteiger partial charge >= 0.3 is 5.97 Å². The van der Waals surface area contributed by atoms with Crippen LogP contribution in [0.5, 0.6) is 0 Å². The standard InChI is InChI=1S/C14H14N2O5/c1-3-11-12(14(17)20-4-2)21-13(15-11)9-5-7-10(8-6-9)16(18)19/h5-8H,3-4H2,1-2H3. The third kappa shape index (κ3) is 3.07. The zero-order chi connectivity index (χ0) is 15.4. The van der Waals surface area contributed by atoms with E-state index in [0.717, 1.165) is 0 Å². The van der Waals surface area contributed by atoms with E-state index in [1.54, 1.807) is 6.92 Å². The molecule has 0 aliphatic heterocycles. The number of rotatable bonds is 5. The maximum absolute atomic E-state index is 11.8. The first-order chi connectivity index (χ1) is 10.1. The number of benzene rings is 1. The molecule has 0 fully saturated rings. The number of non-ortho nitro benzene ring substituents is 1. The van der Waals surface area contributed by atoms with Gasteiger partial charge < -0.3 is 9.15 Å². The summed E-state index contributed by atoms with van der Waals surface area (Å²) in [5.74, 6) is -0.243. The molecular formula is C14H14N2O5. The van der Waals surface area contributed by atoms with Gasteiger partial charge in [0, 0.05) is 17.7 Å². The van der Waals surface area contributed by atoms with Crippen LogP contribution < -0.4 is 0 Å². The first kappa shape index (κ1) is 14.7. The highest BCUT2D eigenvalue weighted by Crippen LogP contribution is 2.25. The van der Waals surface area contributed by atoms with Gasteiger partial charge in [-0.15, -0.1) is 0 Å². The van der Waals surface area contributed by atoms with Crippen LogP contribution in [0.4, 0.5) is 5.69 Å². The highest BCUT2D eigenvalue weighted by molar-refractivity contribution is 5.88. The molecule has 2 aromatic rings. The van der Waals surface area contributed by atoms with Crippen LogP contribution in [-0.2, 0) is 11.2 Å². The van der Waals surface area contributed by atoms with E-state index >= 15 is 0 Å². The van der Waals surface area contributed by atoms with E-state index in [1.165, 1.54) is 24.3 Å². The van der Waals surface area contributed by atoms with E-state index in [-0.39, 0.29) is 23.9 Å². The summed E-state index contributed by atoms with van der Waals surface area (Å²) in [5.41, 5.74) is 1.04. The summed E-state index contributed by atoms with van der Waals surface area (Å²) in [6.45, 7) is 3.80. The predicted octanol–water partition coefficient (Wildman–Crippen LogP) is 2.99. The van der Waals surface area contributed by atoms with Crippen LogP contribution in [-0.4, -0.2) is 22.5 Å². The van der Waals surface area contributed by atoms with Gasteiger partial charge in [-0.2, -0.15) is 0 Å². The normalized spacial score (nSPS) is 10.4. The van der Waals surface area contributed by atoms with Crippen molar-refractivity contribution in [1.29, 1.82) is 0 Å². The molecule has 0 atom stereocenters. The molecule has 0 aliphatic rings. The monoisotopic (exact) mass is 290 g/mol. The van der Waals surface area contributed by atoms with Crippen LogP contribution in [0, 0.1) is 10.1 Å². The second-order valence-electron chi connectivity index (χ2n) is 4.17. The first-order valence-corrected chi connectivity index (χ1v) is 6.48. The molecule has 0 saturated heterocycles. The molecule has 0 amide bonds. The highest BCUT2D eigenvalue weighted by atomic mass is 16.6. The third-order valence-electron chi connectivity index (χ3n) is 2.82. The zero-order valence-electron chi connectivity index (χ0n) is 11.7. The van der Waals surface area contributed by atoms with Crippen molar-refractivity contribution in [3.63, 3.8) is 0 Å². The Morgan fingerprint density at radius 2 is 2.00 bits per heavy atom. The molecule has 0 bridgehead atoms. The van der Waals surface area contributed by atoms with Crippen molar-refractivity contribution >= 4 is 11.7 Å². The average Bonchev–Trinajstić information content (AvgIpc) is 2.92. The number of nitro groups is 1. The lowest BCUT2D eigenvalue weighted by Crippen LogP contribution is -2.05. The Hall–Kier alpha value is -2.70. The molecule has 0 saturated carbocycles. The molecule has 1 heterocycles. The van der Waals surface area contributed by atoms with Crippen LogP contribution in [0.25, 0.3) is 11.5 Å². The number of aromatic nitrogens is 1. The van der Waals surface area contributed by atoms with Crippen LogP contribution in [0.2, 0.25) is 0 Å². The Kier molecular flexibility index (Phi) is 4.32. The number of ether oxygens (including phenoxy) is 1. The third-order valence-corrected chi connectivity index (χ3v) is 2.82. The summed E-state index contributed by atoms with van der Waals surface area (Å²) in [5, 5.41) is 10.6. The van der Waals surface area contributed by atoms with Gasteiger partial charge in [0.05, 0.1) is 17.2 Å². The molecule has 21 heavy (non-hydrogen) atoms. The van der Waals surface area contributed by atoms with Crippen molar-refractivity contribution in [1.82, 2.24) is 4.98 Å². The lowest BCUT2D eigenvalue weighted by atomic mass is 10.2. The van der Waals surface area contributed by atoms with Crippen LogP contribution in [0.15, 0.2) is 28.7 Å². The predicted molar refractivity (Wildman–Crippen MR) is 73.9 cm³/mol. The summed E-state index contributed by atoms with van der Waals surface area (Å²) in [7, 11) is 0. The number of nitro benzene ring substituents is 1. The van der Waals surface area contributed by atoms with E-state index in [1.807, 2.05) is 6.92 Å². The van der Waals surface area contributed by atoms with E-state index < -0.39 is 10.9 Å². The van der Waals surface area contributed by atoms with E-state index in [0.29, 0.717) is 17.7 Å². The molecule has 1 aromatic carbocycles. The molecule has 1 aromatic heterocycles. The van der Waals surface area contributed by atoms with Crippen molar-refractivity contribution in [2.45, 2.75) is 20.3 Å². The lowest BCUT2D eigenvalue weighted by molar-refractivity contribution is -0.384. The quantitative estimate of drug-likeness (QED) is 0.477. The SMILES string of the molecule is CCOC(=O)c1oc(-c2ccc([N+](=O)[O-])cc2)nc1CC. The summed E-state index contributed by atoms with van der Waals surface area (Å²) in [6, 6.07) is 5.76. The van der Waals surface area contributed by atoms with Gasteiger partial charge in [-0.25, -0.2) is 9.78 Å². The summed E-state index contributed by atoms with van der Waals surface area (Å²) in [6.07, 6.45) is 0.518. The summed E-state index contributed by atoms with van der Waals surface area (Å²) >= 11 is 0. The minimum absolute atomic E-state index is 0.0216. The topological polar surface area (TPSA) is 95.5 Å². The maximum Gasteiger partial charge on any atom is 0.376 e. The largest absolute Gasteiger partial charge is 0.460 e. The Balaban J connectivity index is 2.36. The minimum atomic E-state index is -0.560. The van der Waals surface area contributed by atoms with Gasteiger partial charge in [-0.1, -0.05) is 6.92 Å². The molecule has 0 spiro atoms. The fourth-order valence-corrected chi connectivity index (χ4v) is 1.80. The lowest BCUT2D eigenvalue weighted by Gasteiger charge is -1.98. The molecule has 0 unspecified atom stereocenters. The van der Waals surface area contributed by atoms with Crippen molar-refractivity contribution in [2.75, 3.05) is 6.61 Å². The molecule has 0 radical (unpaired) electrons. The highest BCUT2D eigenvalue weighted by Gasteiger charge is 2.21. The van der Waals surface area contributed by atoms with Crippen molar-refractivity contribution in [3.8, 4) is 11.5 Å².